The third-order valence-corrected chi connectivity index (χ3v) is 5.76. The number of aromatic amines is 1. The zero-order valence-electron chi connectivity index (χ0n) is 15.6. The zero-order valence-corrected chi connectivity index (χ0v) is 17.9. The van der Waals surface area contributed by atoms with Gasteiger partial charge in [-0.1, -0.05) is 47.0 Å². The van der Waals surface area contributed by atoms with Crippen LogP contribution < -0.4 is 11.2 Å². The van der Waals surface area contributed by atoms with Crippen LogP contribution in [0.4, 0.5) is 13.2 Å². The van der Waals surface area contributed by atoms with Gasteiger partial charge < -0.3 is 0 Å². The smallest absolute Gasteiger partial charge is 0.271 e. The van der Waals surface area contributed by atoms with Crippen LogP contribution in [0.2, 0.25) is 15.1 Å². The van der Waals surface area contributed by atoms with Crippen LogP contribution in [0.15, 0.2) is 39.6 Å². The molecular weight excluding hydrogens is 480 g/mol. The number of nitrogens with zero attached hydrogens (tertiary/aromatic N) is 3. The number of allylic oxidation sites excluding steroid dienone is 4. The van der Waals surface area contributed by atoms with E-state index in [9.17, 15) is 28.0 Å². The number of H-pyrrole nitrogens is 1. The summed E-state index contributed by atoms with van der Waals surface area (Å²) in [7, 11) is 0. The van der Waals surface area contributed by atoms with Crippen LogP contribution in [0.25, 0.3) is 5.57 Å². The lowest BCUT2D eigenvalue weighted by Crippen LogP contribution is -2.43. The van der Waals surface area contributed by atoms with Gasteiger partial charge in [0.05, 0.1) is 38.7 Å². The van der Waals surface area contributed by atoms with Gasteiger partial charge in [0, 0.05) is 12.0 Å². The molecule has 1 heterocycles. The lowest BCUT2D eigenvalue weighted by molar-refractivity contribution is -0.137. The van der Waals surface area contributed by atoms with E-state index >= 15 is 0 Å². The quantitative estimate of drug-likeness (QED) is 0.657. The van der Waals surface area contributed by atoms with Gasteiger partial charge in [-0.3, -0.25) is 9.78 Å². The van der Waals surface area contributed by atoms with Crippen LogP contribution in [-0.4, -0.2) is 14.8 Å². The highest BCUT2D eigenvalue weighted by molar-refractivity contribution is 6.41. The number of hydrogen-bond acceptors (Lipinski definition) is 4. The van der Waals surface area contributed by atoms with E-state index in [1.54, 1.807) is 13.0 Å². The van der Waals surface area contributed by atoms with Crippen molar-refractivity contribution < 1.29 is 13.2 Å². The average Bonchev–Trinajstić information content (AvgIpc) is 2.62. The molecule has 1 aromatic carbocycles. The number of nitriles is 1. The first-order valence-electron chi connectivity index (χ1n) is 8.61. The summed E-state index contributed by atoms with van der Waals surface area (Å²) >= 11 is 18.1. The molecule has 0 spiro atoms. The van der Waals surface area contributed by atoms with E-state index < -0.39 is 38.6 Å². The van der Waals surface area contributed by atoms with Gasteiger partial charge in [0.25, 0.3) is 5.56 Å². The van der Waals surface area contributed by atoms with Gasteiger partial charge in [-0.15, -0.1) is 0 Å². The molecule has 2 aromatic rings. The Morgan fingerprint density at radius 1 is 1.29 bits per heavy atom. The molecule has 12 heteroatoms. The van der Waals surface area contributed by atoms with Crippen molar-refractivity contribution in [3.05, 3.63) is 77.0 Å². The number of aromatic nitrogens is 3. The molecule has 1 aromatic heterocycles. The van der Waals surface area contributed by atoms with E-state index in [1.807, 2.05) is 6.07 Å². The summed E-state index contributed by atoms with van der Waals surface area (Å²) in [5.41, 5.74) is -3.51. The van der Waals surface area contributed by atoms with Crippen molar-refractivity contribution >= 4 is 40.4 Å². The van der Waals surface area contributed by atoms with E-state index in [2.05, 4.69) is 10.1 Å². The minimum atomic E-state index is -4.85. The summed E-state index contributed by atoms with van der Waals surface area (Å²) in [6, 6.07) is 2.88. The summed E-state index contributed by atoms with van der Waals surface area (Å²) in [6.45, 7) is 1.59. The van der Waals surface area contributed by atoms with Crippen molar-refractivity contribution in [2.24, 2.45) is 0 Å². The van der Waals surface area contributed by atoms with E-state index in [0.29, 0.717) is 5.57 Å². The molecule has 0 saturated heterocycles. The summed E-state index contributed by atoms with van der Waals surface area (Å²) in [6.07, 6.45) is -1.12. The summed E-state index contributed by atoms with van der Waals surface area (Å²) in [5.74, 6) is 0. The van der Waals surface area contributed by atoms with Crippen LogP contribution in [0.5, 0.6) is 0 Å². The van der Waals surface area contributed by atoms with Gasteiger partial charge >= 0.3 is 11.9 Å². The Bertz CT molecular complexity index is 1290. The molecule has 3 rings (SSSR count). The number of rotatable bonds is 3. The normalized spacial score (nSPS) is 18.9. The first-order chi connectivity index (χ1) is 14.4. The van der Waals surface area contributed by atoms with E-state index in [-0.39, 0.29) is 29.0 Å². The Labute approximate surface area is 188 Å². The van der Waals surface area contributed by atoms with Gasteiger partial charge in [-0.2, -0.15) is 23.5 Å². The maximum absolute atomic E-state index is 13.6. The predicted molar refractivity (Wildman–Crippen MR) is 110 cm³/mol. The van der Waals surface area contributed by atoms with E-state index in [0.717, 1.165) is 16.9 Å². The van der Waals surface area contributed by atoms with Gasteiger partial charge in [-0.25, -0.2) is 9.48 Å². The lowest BCUT2D eigenvalue weighted by atomic mass is 9.80. The van der Waals surface area contributed by atoms with Crippen LogP contribution >= 0.6 is 34.8 Å². The Morgan fingerprint density at radius 3 is 2.55 bits per heavy atom. The summed E-state index contributed by atoms with van der Waals surface area (Å²) < 4.78 is 41.7. The molecule has 1 atom stereocenters. The molecule has 0 saturated carbocycles. The van der Waals surface area contributed by atoms with E-state index in [1.165, 1.54) is 6.08 Å². The molecule has 1 N–H and O–H groups in total. The fourth-order valence-corrected chi connectivity index (χ4v) is 4.61. The predicted octanol–water partition coefficient (Wildman–Crippen LogP) is 4.95. The van der Waals surface area contributed by atoms with E-state index in [4.69, 9.17) is 34.8 Å². The largest absolute Gasteiger partial charge is 0.419 e. The van der Waals surface area contributed by atoms with Crippen LogP contribution in [0, 0.1) is 11.3 Å². The minimum absolute atomic E-state index is 0.0855. The molecule has 0 fully saturated rings. The first-order valence-corrected chi connectivity index (χ1v) is 9.75. The van der Waals surface area contributed by atoms with Gasteiger partial charge in [0.1, 0.15) is 6.20 Å². The molecule has 162 valence electrons. The van der Waals surface area contributed by atoms with Crippen molar-refractivity contribution in [2.75, 3.05) is 0 Å². The monoisotopic (exact) mass is 490 g/mol. The number of hydrogen-bond donors (Lipinski definition) is 1. The van der Waals surface area contributed by atoms with Crippen molar-refractivity contribution in [1.29, 1.82) is 5.26 Å². The highest BCUT2D eigenvalue weighted by Crippen LogP contribution is 2.49. The first kappa shape index (κ1) is 23.1. The molecule has 0 aliphatic heterocycles. The van der Waals surface area contributed by atoms with Gasteiger partial charge in [-0.05, 0) is 24.1 Å². The number of nitrogens with one attached hydrogen (secondary N) is 1. The molecule has 1 aliphatic carbocycles. The van der Waals surface area contributed by atoms with Crippen LogP contribution in [-0.2, 0) is 11.7 Å². The highest BCUT2D eigenvalue weighted by Gasteiger charge is 2.40. The highest BCUT2D eigenvalue weighted by atomic mass is 35.5. The number of halogens is 6. The number of alkyl halides is 3. The maximum atomic E-state index is 13.6. The fraction of sp³-hybridized carbons (Fsp3) is 0.263. The summed E-state index contributed by atoms with van der Waals surface area (Å²) in [4.78, 5) is 25.7. The Morgan fingerprint density at radius 2 is 1.97 bits per heavy atom. The topological polar surface area (TPSA) is 91.5 Å². The Balaban J connectivity index is 2.28. The minimum Gasteiger partial charge on any atom is -0.271 e. The Hall–Kier alpha value is -2.54. The van der Waals surface area contributed by atoms with Crippen molar-refractivity contribution in [3.63, 3.8) is 0 Å². The second kappa shape index (κ2) is 8.19. The molecule has 1 aliphatic rings. The molecule has 1 unspecified atom stereocenters. The second-order valence-electron chi connectivity index (χ2n) is 6.96. The van der Waals surface area contributed by atoms with Gasteiger partial charge in [0.2, 0.25) is 0 Å². The average molecular weight is 492 g/mol. The molecule has 0 amide bonds. The fourth-order valence-electron chi connectivity index (χ4n) is 3.40. The third kappa shape index (κ3) is 4.28. The number of benzene rings is 1. The molecule has 31 heavy (non-hydrogen) atoms. The summed E-state index contributed by atoms with van der Waals surface area (Å²) in [5, 5.41) is 11.5. The van der Waals surface area contributed by atoms with Crippen LogP contribution in [0.3, 0.4) is 0 Å². The Kier molecular flexibility index (Phi) is 6.11. The van der Waals surface area contributed by atoms with Crippen molar-refractivity contribution in [2.45, 2.75) is 31.5 Å². The molecule has 0 bridgehead atoms. The molecule has 6 nitrogen and oxygen atoms in total. The molecule has 0 radical (unpaired) electrons. The standard InChI is InChI=1S/C19H12Cl3F3N4O2/c1-18(29-17(31)28-13(30)8-27-29)4-2-9(3-5-26)10(7-18)14-11(20)6-12(21)15(16(14)22)19(23,24)25/h2,4,6,8H,3,7H2,1H3,(H,28,30,31). The zero-order chi connectivity index (χ0) is 23.1. The second-order valence-corrected chi connectivity index (χ2v) is 8.15. The maximum Gasteiger partial charge on any atom is 0.419 e. The third-order valence-electron chi connectivity index (χ3n) is 4.79. The van der Waals surface area contributed by atoms with Crippen LogP contribution in [0.1, 0.15) is 30.9 Å². The SMILES string of the molecule is CC1(n2ncc(=O)[nH]c2=O)C=CC(CC#N)=C(c2c(Cl)cc(Cl)c(C(F)(F)F)c2Cl)C1. The van der Waals surface area contributed by atoms with Gasteiger partial charge in [0.15, 0.2) is 0 Å². The molecular formula is C19H12Cl3F3N4O2. The lowest BCUT2D eigenvalue weighted by Gasteiger charge is -2.33. The van der Waals surface area contributed by atoms with Crippen molar-refractivity contribution in [3.8, 4) is 6.07 Å². The van der Waals surface area contributed by atoms with Crippen molar-refractivity contribution in [1.82, 2.24) is 14.8 Å².